The van der Waals surface area contributed by atoms with Crippen LogP contribution in [0.2, 0.25) is 0 Å². The molecule has 1 saturated heterocycles. The van der Waals surface area contributed by atoms with Gasteiger partial charge in [0.05, 0.1) is 29.1 Å². The molecule has 5 nitrogen and oxygen atoms in total. The standard InChI is InChI=1S/C12H13N3O2S/c13-12-14-10-8(7-16)1-2-9(11(10)18-12)15-3-5-17-6-4-15/h1-2,7H,3-6H2,(H2,13,14). The summed E-state index contributed by atoms with van der Waals surface area (Å²) in [5.74, 6) is 0. The second-order valence-corrected chi connectivity index (χ2v) is 5.15. The summed E-state index contributed by atoms with van der Waals surface area (Å²) in [4.78, 5) is 17.5. The minimum absolute atomic E-state index is 0.494. The summed E-state index contributed by atoms with van der Waals surface area (Å²) >= 11 is 1.43. The first kappa shape index (κ1) is 11.4. The molecule has 0 aliphatic carbocycles. The second kappa shape index (κ2) is 4.55. The first-order valence-electron chi connectivity index (χ1n) is 5.76. The van der Waals surface area contributed by atoms with E-state index in [4.69, 9.17) is 10.5 Å². The number of nitrogens with two attached hydrogens (primary N) is 1. The third kappa shape index (κ3) is 1.83. The number of ether oxygens (including phenoxy) is 1. The van der Waals surface area contributed by atoms with Crippen molar-refractivity contribution < 1.29 is 9.53 Å². The van der Waals surface area contributed by atoms with Gasteiger partial charge in [-0.3, -0.25) is 4.79 Å². The molecule has 2 aromatic rings. The molecule has 3 rings (SSSR count). The highest BCUT2D eigenvalue weighted by Gasteiger charge is 2.17. The Kier molecular flexibility index (Phi) is 2.89. The van der Waals surface area contributed by atoms with Crippen molar-refractivity contribution in [3.63, 3.8) is 0 Å². The molecule has 2 heterocycles. The van der Waals surface area contributed by atoms with E-state index in [2.05, 4.69) is 9.88 Å². The van der Waals surface area contributed by atoms with Crippen LogP contribution in [0.1, 0.15) is 10.4 Å². The number of thiazole rings is 1. The van der Waals surface area contributed by atoms with Crippen molar-refractivity contribution in [1.82, 2.24) is 4.98 Å². The third-order valence-corrected chi connectivity index (χ3v) is 3.96. The molecule has 2 N–H and O–H groups in total. The summed E-state index contributed by atoms with van der Waals surface area (Å²) in [6.07, 6.45) is 0.824. The molecule has 0 saturated carbocycles. The first-order chi connectivity index (χ1) is 8.79. The fraction of sp³-hybridized carbons (Fsp3) is 0.333. The number of nitrogen functional groups attached to an aromatic ring is 1. The van der Waals surface area contributed by atoms with Crippen molar-refractivity contribution >= 4 is 38.7 Å². The van der Waals surface area contributed by atoms with Crippen LogP contribution in [-0.4, -0.2) is 37.6 Å². The maximum absolute atomic E-state index is 11.0. The molecule has 1 fully saturated rings. The highest BCUT2D eigenvalue weighted by molar-refractivity contribution is 7.22. The Hall–Kier alpha value is -1.66. The average molecular weight is 263 g/mol. The average Bonchev–Trinajstić information content (AvgIpc) is 2.80. The predicted octanol–water partition coefficient (Wildman–Crippen LogP) is 1.53. The minimum atomic E-state index is 0.494. The lowest BCUT2D eigenvalue weighted by atomic mass is 10.1. The van der Waals surface area contributed by atoms with E-state index in [1.807, 2.05) is 6.07 Å². The Morgan fingerprint density at radius 2 is 2.17 bits per heavy atom. The topological polar surface area (TPSA) is 68.5 Å². The monoisotopic (exact) mass is 263 g/mol. The maximum Gasteiger partial charge on any atom is 0.181 e. The molecule has 0 spiro atoms. The highest BCUT2D eigenvalue weighted by Crippen LogP contribution is 2.35. The van der Waals surface area contributed by atoms with Crippen LogP contribution < -0.4 is 10.6 Å². The molecular weight excluding hydrogens is 250 g/mol. The van der Waals surface area contributed by atoms with Crippen LogP contribution in [0.4, 0.5) is 10.8 Å². The van der Waals surface area contributed by atoms with Gasteiger partial charge < -0.3 is 15.4 Å². The first-order valence-corrected chi connectivity index (χ1v) is 6.58. The van der Waals surface area contributed by atoms with E-state index >= 15 is 0 Å². The molecule has 1 aliphatic heterocycles. The fourth-order valence-corrected chi connectivity index (χ4v) is 3.09. The number of aldehydes is 1. The van der Waals surface area contributed by atoms with Gasteiger partial charge in [0.25, 0.3) is 0 Å². The Morgan fingerprint density at radius 3 is 2.89 bits per heavy atom. The quantitative estimate of drug-likeness (QED) is 0.832. The number of aromatic nitrogens is 1. The number of anilines is 2. The van der Waals surface area contributed by atoms with E-state index in [0.717, 1.165) is 43.0 Å². The smallest absolute Gasteiger partial charge is 0.181 e. The zero-order chi connectivity index (χ0) is 12.5. The molecule has 0 amide bonds. The molecular formula is C12H13N3O2S. The number of nitrogens with zero attached hydrogens (tertiary/aromatic N) is 2. The molecule has 1 aromatic heterocycles. The molecule has 1 aliphatic rings. The summed E-state index contributed by atoms with van der Waals surface area (Å²) < 4.78 is 6.33. The Bertz CT molecular complexity index is 590. The fourth-order valence-electron chi connectivity index (χ4n) is 2.18. The van der Waals surface area contributed by atoms with Crippen LogP contribution in [-0.2, 0) is 4.74 Å². The lowest BCUT2D eigenvalue weighted by molar-refractivity contribution is 0.112. The lowest BCUT2D eigenvalue weighted by Gasteiger charge is -2.29. The Balaban J connectivity index is 2.14. The van der Waals surface area contributed by atoms with Crippen molar-refractivity contribution in [3.05, 3.63) is 17.7 Å². The number of carbonyl (C=O) groups excluding carboxylic acids is 1. The van der Waals surface area contributed by atoms with E-state index in [9.17, 15) is 4.79 Å². The van der Waals surface area contributed by atoms with Gasteiger partial charge in [-0.05, 0) is 12.1 Å². The van der Waals surface area contributed by atoms with Crippen LogP contribution in [0.25, 0.3) is 10.2 Å². The van der Waals surface area contributed by atoms with Crippen LogP contribution in [0, 0.1) is 0 Å². The number of hydrogen-bond donors (Lipinski definition) is 1. The molecule has 0 atom stereocenters. The second-order valence-electron chi connectivity index (χ2n) is 4.12. The van der Waals surface area contributed by atoms with Crippen molar-refractivity contribution in [2.75, 3.05) is 36.9 Å². The zero-order valence-electron chi connectivity index (χ0n) is 9.76. The van der Waals surface area contributed by atoms with Gasteiger partial charge in [-0.2, -0.15) is 0 Å². The molecule has 6 heteroatoms. The van der Waals surface area contributed by atoms with Crippen LogP contribution >= 0.6 is 11.3 Å². The molecule has 0 radical (unpaired) electrons. The van der Waals surface area contributed by atoms with Crippen LogP contribution in [0.3, 0.4) is 0 Å². The minimum Gasteiger partial charge on any atom is -0.378 e. The number of benzene rings is 1. The largest absolute Gasteiger partial charge is 0.378 e. The van der Waals surface area contributed by atoms with E-state index in [1.165, 1.54) is 11.3 Å². The van der Waals surface area contributed by atoms with Gasteiger partial charge >= 0.3 is 0 Å². The predicted molar refractivity (Wildman–Crippen MR) is 72.5 cm³/mol. The number of carbonyl (C=O) groups is 1. The summed E-state index contributed by atoms with van der Waals surface area (Å²) in [7, 11) is 0. The molecule has 0 bridgehead atoms. The number of rotatable bonds is 2. The summed E-state index contributed by atoms with van der Waals surface area (Å²) in [6, 6.07) is 3.77. The lowest BCUT2D eigenvalue weighted by Crippen LogP contribution is -2.36. The number of hydrogen-bond acceptors (Lipinski definition) is 6. The van der Waals surface area contributed by atoms with Crippen LogP contribution in [0.15, 0.2) is 12.1 Å². The van der Waals surface area contributed by atoms with Crippen molar-refractivity contribution in [2.24, 2.45) is 0 Å². The maximum atomic E-state index is 11.0. The van der Waals surface area contributed by atoms with Crippen molar-refractivity contribution in [1.29, 1.82) is 0 Å². The summed E-state index contributed by atoms with van der Waals surface area (Å²) in [5, 5.41) is 0.494. The van der Waals surface area contributed by atoms with E-state index in [0.29, 0.717) is 16.2 Å². The van der Waals surface area contributed by atoms with E-state index in [-0.39, 0.29) is 0 Å². The van der Waals surface area contributed by atoms with Gasteiger partial charge in [-0.25, -0.2) is 4.98 Å². The third-order valence-electron chi connectivity index (χ3n) is 3.05. The normalized spacial score (nSPS) is 16.1. The van der Waals surface area contributed by atoms with Crippen molar-refractivity contribution in [3.8, 4) is 0 Å². The van der Waals surface area contributed by atoms with Gasteiger partial charge in [-0.15, -0.1) is 0 Å². The van der Waals surface area contributed by atoms with Gasteiger partial charge in [0.2, 0.25) is 0 Å². The number of morpholine rings is 1. The molecule has 18 heavy (non-hydrogen) atoms. The number of fused-ring (bicyclic) bond motifs is 1. The van der Waals surface area contributed by atoms with Gasteiger partial charge in [-0.1, -0.05) is 11.3 Å². The summed E-state index contributed by atoms with van der Waals surface area (Å²) in [6.45, 7) is 3.16. The molecule has 94 valence electrons. The van der Waals surface area contributed by atoms with Crippen LogP contribution in [0.5, 0.6) is 0 Å². The highest BCUT2D eigenvalue weighted by atomic mass is 32.1. The van der Waals surface area contributed by atoms with Crippen molar-refractivity contribution in [2.45, 2.75) is 0 Å². The molecule has 0 unspecified atom stereocenters. The van der Waals surface area contributed by atoms with Gasteiger partial charge in [0.1, 0.15) is 0 Å². The SMILES string of the molecule is Nc1nc2c(C=O)ccc(N3CCOCC3)c2s1. The molecule has 1 aromatic carbocycles. The van der Waals surface area contributed by atoms with E-state index < -0.39 is 0 Å². The Morgan fingerprint density at radius 1 is 1.39 bits per heavy atom. The Labute approximate surface area is 108 Å². The zero-order valence-corrected chi connectivity index (χ0v) is 10.6. The summed E-state index contributed by atoms with van der Waals surface area (Å²) in [5.41, 5.74) is 8.15. The van der Waals surface area contributed by atoms with Gasteiger partial charge in [0, 0.05) is 18.7 Å². The van der Waals surface area contributed by atoms with Gasteiger partial charge in [0.15, 0.2) is 11.4 Å². The van der Waals surface area contributed by atoms with E-state index in [1.54, 1.807) is 6.07 Å².